The molecule has 0 N–H and O–H groups in total. The Morgan fingerprint density at radius 3 is 2.60 bits per heavy atom. The van der Waals surface area contributed by atoms with Gasteiger partial charge in [-0.25, -0.2) is 4.98 Å². The van der Waals surface area contributed by atoms with Crippen LogP contribution in [0.4, 0.5) is 8.78 Å². The smallest absolute Gasteiger partial charge is 0.387 e. The van der Waals surface area contributed by atoms with E-state index in [9.17, 15) is 8.78 Å². The summed E-state index contributed by atoms with van der Waals surface area (Å²) in [6.07, 6.45) is 1.66. The number of nitrogens with zero attached hydrogens (tertiary/aromatic N) is 2. The van der Waals surface area contributed by atoms with Gasteiger partial charge in [-0.1, -0.05) is 12.1 Å². The van der Waals surface area contributed by atoms with E-state index >= 15 is 0 Å². The van der Waals surface area contributed by atoms with Crippen LogP contribution in [0.15, 0.2) is 29.6 Å². The first-order valence-corrected chi connectivity index (χ1v) is 6.55. The van der Waals surface area contributed by atoms with Crippen molar-refractivity contribution in [1.82, 2.24) is 4.98 Å². The number of alkyl halides is 2. The largest absolute Gasteiger partial charge is 0.435 e. The molecule has 0 radical (unpaired) electrons. The van der Waals surface area contributed by atoms with Crippen LogP contribution in [0.2, 0.25) is 0 Å². The zero-order valence-corrected chi connectivity index (χ0v) is 11.3. The third-order valence-corrected chi connectivity index (χ3v) is 3.38. The van der Waals surface area contributed by atoms with E-state index in [0.29, 0.717) is 10.6 Å². The summed E-state index contributed by atoms with van der Waals surface area (Å²) in [7, 11) is 0. The average molecular weight is 292 g/mol. The predicted octanol–water partition coefficient (Wildman–Crippen LogP) is 4.12. The summed E-state index contributed by atoms with van der Waals surface area (Å²) in [5.41, 5.74) is 2.01. The van der Waals surface area contributed by atoms with Gasteiger partial charge in [0.15, 0.2) is 0 Å². The number of ether oxygens (including phenoxy) is 1. The third kappa shape index (κ3) is 3.62. The number of nitriles is 1. The van der Waals surface area contributed by atoms with Gasteiger partial charge >= 0.3 is 6.61 Å². The molecule has 0 fully saturated rings. The molecule has 2 rings (SSSR count). The van der Waals surface area contributed by atoms with E-state index in [2.05, 4.69) is 15.8 Å². The number of hydrogen-bond acceptors (Lipinski definition) is 4. The molecule has 102 valence electrons. The van der Waals surface area contributed by atoms with Gasteiger partial charge in [-0.2, -0.15) is 14.0 Å². The average Bonchev–Trinajstić information content (AvgIpc) is 2.84. The lowest BCUT2D eigenvalue weighted by Gasteiger charge is -2.04. The molecule has 0 spiro atoms. The van der Waals surface area contributed by atoms with E-state index in [4.69, 9.17) is 5.26 Å². The lowest BCUT2D eigenvalue weighted by Crippen LogP contribution is -2.01. The van der Waals surface area contributed by atoms with Crippen LogP contribution in [-0.4, -0.2) is 11.6 Å². The predicted molar refractivity (Wildman–Crippen MR) is 73.4 cm³/mol. The van der Waals surface area contributed by atoms with Crippen LogP contribution >= 0.6 is 11.3 Å². The van der Waals surface area contributed by atoms with Gasteiger partial charge in [0.2, 0.25) is 0 Å². The summed E-state index contributed by atoms with van der Waals surface area (Å²) < 4.78 is 28.3. The van der Waals surface area contributed by atoms with Crippen LogP contribution in [0.25, 0.3) is 11.6 Å². The molecule has 0 bridgehead atoms. The van der Waals surface area contributed by atoms with E-state index in [1.807, 2.05) is 12.3 Å². The first-order valence-electron chi connectivity index (χ1n) is 5.67. The topological polar surface area (TPSA) is 45.9 Å². The summed E-state index contributed by atoms with van der Waals surface area (Å²) in [4.78, 5) is 4.24. The van der Waals surface area contributed by atoms with Gasteiger partial charge in [0.25, 0.3) is 0 Å². The Bertz CT molecular complexity index is 657. The van der Waals surface area contributed by atoms with Crippen molar-refractivity contribution in [1.29, 1.82) is 5.26 Å². The van der Waals surface area contributed by atoms with E-state index in [1.165, 1.54) is 23.5 Å². The van der Waals surface area contributed by atoms with Crippen molar-refractivity contribution in [2.45, 2.75) is 13.5 Å². The minimum absolute atomic E-state index is 0.0840. The zero-order valence-electron chi connectivity index (χ0n) is 10.5. The van der Waals surface area contributed by atoms with Gasteiger partial charge < -0.3 is 4.74 Å². The van der Waals surface area contributed by atoms with Crippen LogP contribution in [0.1, 0.15) is 16.3 Å². The summed E-state index contributed by atoms with van der Waals surface area (Å²) in [6.45, 7) is -0.991. The number of hydrogen-bond donors (Lipinski definition) is 0. The third-order valence-electron chi connectivity index (χ3n) is 2.39. The quantitative estimate of drug-likeness (QED) is 0.796. The van der Waals surface area contributed by atoms with Gasteiger partial charge in [0.05, 0.1) is 5.57 Å². The maximum absolute atomic E-state index is 12.0. The molecular weight excluding hydrogens is 282 g/mol. The first-order chi connectivity index (χ1) is 9.58. The lowest BCUT2D eigenvalue weighted by atomic mass is 10.1. The van der Waals surface area contributed by atoms with Gasteiger partial charge in [0.1, 0.15) is 16.8 Å². The van der Waals surface area contributed by atoms with Crippen molar-refractivity contribution in [3.05, 3.63) is 45.9 Å². The molecule has 6 heteroatoms. The number of aromatic nitrogens is 1. The molecule has 2 aromatic rings. The Kier molecular flexibility index (Phi) is 4.43. The van der Waals surface area contributed by atoms with Crippen molar-refractivity contribution in [3.8, 4) is 11.8 Å². The van der Waals surface area contributed by atoms with Gasteiger partial charge in [-0.05, 0) is 30.7 Å². The molecule has 1 aromatic heterocycles. The second kappa shape index (κ2) is 6.26. The Hall–Kier alpha value is -2.26. The van der Waals surface area contributed by atoms with E-state index in [-0.39, 0.29) is 5.75 Å². The van der Waals surface area contributed by atoms with Crippen molar-refractivity contribution < 1.29 is 13.5 Å². The van der Waals surface area contributed by atoms with Gasteiger partial charge in [0, 0.05) is 11.1 Å². The summed E-state index contributed by atoms with van der Waals surface area (Å²) >= 11 is 1.39. The highest BCUT2D eigenvalue weighted by molar-refractivity contribution is 7.11. The maximum Gasteiger partial charge on any atom is 0.387 e. The molecule has 0 saturated carbocycles. The van der Waals surface area contributed by atoms with E-state index in [1.54, 1.807) is 18.2 Å². The molecule has 3 nitrogen and oxygen atoms in total. The highest BCUT2D eigenvalue weighted by Crippen LogP contribution is 2.22. The van der Waals surface area contributed by atoms with Gasteiger partial charge in [-0.3, -0.25) is 0 Å². The molecule has 0 aliphatic carbocycles. The Morgan fingerprint density at radius 2 is 2.10 bits per heavy atom. The molecule has 0 aliphatic rings. The van der Waals surface area contributed by atoms with Crippen LogP contribution in [0, 0.1) is 18.3 Å². The zero-order chi connectivity index (χ0) is 14.5. The second-order valence-electron chi connectivity index (χ2n) is 3.91. The fourth-order valence-electron chi connectivity index (χ4n) is 1.53. The van der Waals surface area contributed by atoms with Crippen molar-refractivity contribution >= 4 is 23.0 Å². The van der Waals surface area contributed by atoms with Crippen LogP contribution in [0.3, 0.4) is 0 Å². The summed E-state index contributed by atoms with van der Waals surface area (Å²) in [5.74, 6) is 0.0840. The molecule has 0 amide bonds. The maximum atomic E-state index is 12.0. The lowest BCUT2D eigenvalue weighted by molar-refractivity contribution is -0.0498. The molecule has 0 saturated heterocycles. The Labute approximate surface area is 118 Å². The number of aryl methyl sites for hydroxylation is 1. The normalized spacial score (nSPS) is 11.4. The second-order valence-corrected chi connectivity index (χ2v) is 4.77. The highest BCUT2D eigenvalue weighted by atomic mass is 32.1. The van der Waals surface area contributed by atoms with Crippen LogP contribution < -0.4 is 4.74 Å². The molecule has 0 unspecified atom stereocenters. The number of thiazole rings is 1. The fraction of sp³-hybridized carbons (Fsp3) is 0.143. The monoisotopic (exact) mass is 292 g/mol. The van der Waals surface area contributed by atoms with Gasteiger partial charge in [-0.15, -0.1) is 11.3 Å². The number of halogens is 2. The van der Waals surface area contributed by atoms with Crippen LogP contribution in [0.5, 0.6) is 5.75 Å². The molecule has 1 aromatic carbocycles. The number of rotatable bonds is 4. The molecule has 1 heterocycles. The standard InChI is InChI=1S/C14H10F2N2OS/c1-9-8-20-13(18-9)11(7-17)6-10-2-4-12(5-3-10)19-14(15)16/h2-6,8,14H,1H3/b11-6-. The fourth-order valence-corrected chi connectivity index (χ4v) is 2.29. The molecule has 0 atom stereocenters. The first kappa shape index (κ1) is 14.2. The van der Waals surface area contributed by atoms with Crippen molar-refractivity contribution in [2.75, 3.05) is 0 Å². The minimum atomic E-state index is -2.84. The number of benzene rings is 1. The van der Waals surface area contributed by atoms with E-state index < -0.39 is 6.61 Å². The number of allylic oxidation sites excluding steroid dienone is 1. The van der Waals surface area contributed by atoms with E-state index in [0.717, 1.165) is 11.3 Å². The molecule has 20 heavy (non-hydrogen) atoms. The van der Waals surface area contributed by atoms with Crippen molar-refractivity contribution in [3.63, 3.8) is 0 Å². The SMILES string of the molecule is Cc1csc(/C(C#N)=C\c2ccc(OC(F)F)cc2)n1. The molecular formula is C14H10F2N2OS. The minimum Gasteiger partial charge on any atom is -0.435 e. The molecule has 0 aliphatic heterocycles. The summed E-state index contributed by atoms with van der Waals surface area (Å²) in [6, 6.07) is 8.16. The Balaban J connectivity index is 2.22. The van der Waals surface area contributed by atoms with Crippen LogP contribution in [-0.2, 0) is 0 Å². The summed E-state index contributed by atoms with van der Waals surface area (Å²) in [5, 5.41) is 11.6. The highest BCUT2D eigenvalue weighted by Gasteiger charge is 2.06. The Morgan fingerprint density at radius 1 is 1.40 bits per heavy atom. The van der Waals surface area contributed by atoms with Crippen molar-refractivity contribution in [2.24, 2.45) is 0 Å².